The van der Waals surface area contributed by atoms with Crippen molar-refractivity contribution < 1.29 is 97.1 Å². The molecule has 0 aliphatic heterocycles. The van der Waals surface area contributed by atoms with Gasteiger partial charge in [-0.3, -0.25) is 4.79 Å². The van der Waals surface area contributed by atoms with Gasteiger partial charge in [-0.1, -0.05) is 64.7 Å². The topological polar surface area (TPSA) is 125 Å². The molecule has 0 radical (unpaired) electrons. The number of unbranched alkanes of at least 4 members (excludes halogenated alkanes) is 9. The number of phosphoric ester groups is 1. The molecule has 0 amide bonds. The molecular formula is C28H29Na2O8P. The summed E-state index contributed by atoms with van der Waals surface area (Å²) in [6.45, 7) is 1.19. The molecule has 196 valence electrons. The molecular weight excluding hydrogens is 541 g/mol. The quantitative estimate of drug-likeness (QED) is 0.0352. The third-order valence-corrected chi connectivity index (χ3v) is 4.81. The molecule has 8 nitrogen and oxygen atoms in total. The number of carbonyl (C=O) groups excluding carboxylic acids is 2. The normalized spacial score (nSPS) is 9.49. The Bertz CT molecular complexity index is 1130. The molecule has 0 N–H and O–H groups in total. The van der Waals surface area contributed by atoms with E-state index in [0.717, 1.165) is 25.7 Å². The van der Waals surface area contributed by atoms with E-state index in [2.05, 4.69) is 70.7 Å². The molecule has 0 aromatic rings. The Kier molecular flexibility index (Phi) is 31.6. The molecule has 0 rings (SSSR count). The van der Waals surface area contributed by atoms with Gasteiger partial charge in [-0.2, -0.15) is 0 Å². The number of rotatable bonds is 16. The van der Waals surface area contributed by atoms with Gasteiger partial charge in [-0.05, 0) is 65.6 Å². The zero-order valence-corrected chi connectivity index (χ0v) is 27.7. The van der Waals surface area contributed by atoms with E-state index in [1.54, 1.807) is 0 Å². The molecule has 1 atom stereocenters. The van der Waals surface area contributed by atoms with Crippen LogP contribution in [0.4, 0.5) is 0 Å². The summed E-state index contributed by atoms with van der Waals surface area (Å²) in [6.07, 6.45) is 14.0. The fourth-order valence-electron chi connectivity index (χ4n) is 2.69. The summed E-state index contributed by atoms with van der Waals surface area (Å²) < 4.78 is 24.5. The van der Waals surface area contributed by atoms with E-state index >= 15 is 0 Å². The van der Waals surface area contributed by atoms with Crippen LogP contribution in [-0.2, 0) is 28.2 Å². The molecule has 0 heterocycles. The third kappa shape index (κ3) is 32.5. The summed E-state index contributed by atoms with van der Waals surface area (Å²) in [7, 11) is -5.38. The second-order valence-electron chi connectivity index (χ2n) is 7.39. The minimum absolute atomic E-state index is 0. The largest absolute Gasteiger partial charge is 1.00 e. The number of terminal acetylenes is 1. The SMILES string of the molecule is C#CC#CC#CC#CC#CC#CC(=O)O[C@@H](COP(=O)([O-])[O-])OC(=O)CCCCCCCCCCCC.[Na+].[Na+]. The minimum Gasteiger partial charge on any atom is -0.790 e. The smallest absolute Gasteiger partial charge is 0.790 e. The van der Waals surface area contributed by atoms with E-state index in [1.807, 2.05) is 5.92 Å². The first-order valence-corrected chi connectivity index (χ1v) is 13.3. The maximum Gasteiger partial charge on any atom is 1.00 e. The van der Waals surface area contributed by atoms with Gasteiger partial charge < -0.3 is 28.3 Å². The van der Waals surface area contributed by atoms with Crippen molar-refractivity contribution in [1.82, 2.24) is 0 Å². The Morgan fingerprint density at radius 2 is 1.21 bits per heavy atom. The first-order chi connectivity index (χ1) is 17.8. The first kappa shape index (κ1) is 41.9. The van der Waals surface area contributed by atoms with Crippen molar-refractivity contribution in [1.29, 1.82) is 0 Å². The third-order valence-electron chi connectivity index (χ3n) is 4.34. The second kappa shape index (κ2) is 29.4. The van der Waals surface area contributed by atoms with Crippen LogP contribution in [0.3, 0.4) is 0 Å². The Morgan fingerprint density at radius 3 is 1.69 bits per heavy atom. The van der Waals surface area contributed by atoms with E-state index in [-0.39, 0.29) is 65.5 Å². The second-order valence-corrected chi connectivity index (χ2v) is 8.55. The summed E-state index contributed by atoms with van der Waals surface area (Å²) >= 11 is 0. The van der Waals surface area contributed by atoms with Crippen LogP contribution in [0.25, 0.3) is 0 Å². The van der Waals surface area contributed by atoms with Crippen molar-refractivity contribution in [3.05, 3.63) is 0 Å². The van der Waals surface area contributed by atoms with Gasteiger partial charge in [0.05, 0.1) is 7.82 Å². The van der Waals surface area contributed by atoms with Crippen molar-refractivity contribution in [2.75, 3.05) is 6.61 Å². The van der Waals surface area contributed by atoms with Crippen molar-refractivity contribution >= 4 is 19.8 Å². The zero-order chi connectivity index (χ0) is 27.6. The van der Waals surface area contributed by atoms with E-state index < -0.39 is 32.7 Å². The van der Waals surface area contributed by atoms with Gasteiger partial charge >= 0.3 is 71.1 Å². The fourth-order valence-corrected chi connectivity index (χ4v) is 3.00. The molecule has 0 spiro atoms. The van der Waals surface area contributed by atoms with Crippen molar-refractivity contribution in [3.8, 4) is 71.5 Å². The van der Waals surface area contributed by atoms with Crippen molar-refractivity contribution in [2.24, 2.45) is 0 Å². The first-order valence-electron chi connectivity index (χ1n) is 11.8. The van der Waals surface area contributed by atoms with E-state index in [9.17, 15) is 23.9 Å². The molecule has 0 saturated heterocycles. The van der Waals surface area contributed by atoms with E-state index in [0.29, 0.717) is 6.42 Å². The molecule has 0 saturated carbocycles. The van der Waals surface area contributed by atoms with Gasteiger partial charge in [0.2, 0.25) is 0 Å². The van der Waals surface area contributed by atoms with E-state index in [1.165, 1.54) is 32.1 Å². The molecule has 0 aliphatic carbocycles. The number of esters is 2. The number of ether oxygens (including phenoxy) is 2. The monoisotopic (exact) mass is 570 g/mol. The molecule has 0 fully saturated rings. The summed E-state index contributed by atoms with van der Waals surface area (Å²) in [6, 6.07) is 0. The van der Waals surface area contributed by atoms with Crippen LogP contribution in [0.15, 0.2) is 0 Å². The summed E-state index contributed by atoms with van der Waals surface area (Å²) in [5.74, 6) is 22.9. The van der Waals surface area contributed by atoms with Crippen LogP contribution in [0, 0.1) is 71.5 Å². The Hall–Kier alpha value is -1.59. The summed E-state index contributed by atoms with van der Waals surface area (Å²) in [5.41, 5.74) is 0. The molecule has 39 heavy (non-hydrogen) atoms. The molecule has 0 unspecified atom stereocenters. The average Bonchev–Trinajstić information content (AvgIpc) is 2.84. The van der Waals surface area contributed by atoms with Gasteiger partial charge in [0.15, 0.2) is 0 Å². The predicted octanol–water partition coefficient (Wildman–Crippen LogP) is -3.79. The molecule has 0 aromatic carbocycles. The van der Waals surface area contributed by atoms with Crippen molar-refractivity contribution in [3.63, 3.8) is 0 Å². The van der Waals surface area contributed by atoms with Crippen LogP contribution in [0.2, 0.25) is 0 Å². The molecule has 11 heteroatoms. The maximum atomic E-state index is 12.0. The van der Waals surface area contributed by atoms with Crippen LogP contribution < -0.4 is 68.9 Å². The van der Waals surface area contributed by atoms with Gasteiger partial charge in [0.1, 0.15) is 6.61 Å². The summed E-state index contributed by atoms with van der Waals surface area (Å²) in [5, 5.41) is 0. The molecule has 0 aromatic heterocycles. The number of carbonyl (C=O) groups is 2. The van der Waals surface area contributed by atoms with Gasteiger partial charge in [-0.15, -0.1) is 6.42 Å². The number of hydrogen-bond acceptors (Lipinski definition) is 8. The Balaban J connectivity index is -0.00000648. The Labute approximate surface area is 276 Å². The van der Waals surface area contributed by atoms with E-state index in [4.69, 9.17) is 15.9 Å². The molecule has 0 bridgehead atoms. The van der Waals surface area contributed by atoms with Gasteiger partial charge in [0.25, 0.3) is 6.29 Å². The standard InChI is InChI=1S/C28H31O8P.2Na/c1-3-5-7-9-11-13-15-17-19-21-23-26(29)35-28(25-34-37(31,32)33)36-27(30)24-22-20-18-16-14-12-10-8-6-4-2;;/h1,28H,4,6,8,10,12,14,16,18,20,22,24-25H2,2H3,(H2,31,32,33);;/q;2*+1/p-2/t28-;;/m1../s1. The fraction of sp³-hybridized carbons (Fsp3) is 0.500. The van der Waals surface area contributed by atoms with Crippen LogP contribution in [0.1, 0.15) is 77.6 Å². The van der Waals surface area contributed by atoms with Gasteiger partial charge in [0, 0.05) is 12.3 Å². The maximum absolute atomic E-state index is 12.0. The summed E-state index contributed by atoms with van der Waals surface area (Å²) in [4.78, 5) is 45.3. The van der Waals surface area contributed by atoms with Gasteiger partial charge in [-0.25, -0.2) is 4.79 Å². The minimum atomic E-state index is -5.38. The van der Waals surface area contributed by atoms with Crippen LogP contribution in [-0.4, -0.2) is 24.8 Å². The van der Waals surface area contributed by atoms with Crippen LogP contribution >= 0.6 is 7.82 Å². The molecule has 0 aliphatic rings. The average molecular weight is 570 g/mol. The number of hydrogen-bond donors (Lipinski definition) is 0. The van der Waals surface area contributed by atoms with Crippen molar-refractivity contribution in [2.45, 2.75) is 83.8 Å². The number of phosphoric acid groups is 1. The predicted molar refractivity (Wildman–Crippen MR) is 134 cm³/mol. The van der Waals surface area contributed by atoms with Crippen LogP contribution in [0.5, 0.6) is 0 Å². The Morgan fingerprint density at radius 1 is 0.744 bits per heavy atom. The zero-order valence-electron chi connectivity index (χ0n) is 22.9.